The molecule has 2 N–H and O–H groups in total. The van der Waals surface area contributed by atoms with E-state index in [9.17, 15) is 14.0 Å². The lowest BCUT2D eigenvalue weighted by atomic mass is 10.1. The smallest absolute Gasteiger partial charge is 0.272 e. The van der Waals surface area contributed by atoms with Crippen LogP contribution in [-0.2, 0) is 18.4 Å². The number of nitrogens with zero attached hydrogens (tertiary/aromatic N) is 5. The zero-order chi connectivity index (χ0) is 22.4. The van der Waals surface area contributed by atoms with E-state index in [1.165, 1.54) is 16.1 Å². The Morgan fingerprint density at radius 1 is 1.22 bits per heavy atom. The molecule has 32 heavy (non-hydrogen) atoms. The number of hydrogen-bond acceptors (Lipinski definition) is 5. The predicted octanol–water partition coefficient (Wildman–Crippen LogP) is 3.02. The van der Waals surface area contributed by atoms with Gasteiger partial charge in [-0.05, 0) is 30.7 Å². The molecular weight excluding hydrogens is 411 g/mol. The highest BCUT2D eigenvalue weighted by Crippen LogP contribution is 2.29. The van der Waals surface area contributed by atoms with Gasteiger partial charge in [-0.3, -0.25) is 19.3 Å². The van der Waals surface area contributed by atoms with Crippen molar-refractivity contribution in [2.24, 2.45) is 7.05 Å². The second-order valence-corrected chi connectivity index (χ2v) is 7.83. The number of amides is 2. The molecule has 4 aromatic rings. The lowest BCUT2D eigenvalue weighted by Crippen LogP contribution is -2.46. The fourth-order valence-corrected chi connectivity index (χ4v) is 4.18. The minimum atomic E-state index is -0.424. The van der Waals surface area contributed by atoms with E-state index in [0.29, 0.717) is 47.2 Å². The van der Waals surface area contributed by atoms with E-state index in [4.69, 9.17) is 5.73 Å². The van der Waals surface area contributed by atoms with E-state index >= 15 is 0 Å². The Morgan fingerprint density at radius 3 is 2.78 bits per heavy atom. The minimum Gasteiger partial charge on any atom is -0.383 e. The monoisotopic (exact) mass is 432 g/mol. The molecule has 0 aliphatic carbocycles. The van der Waals surface area contributed by atoms with E-state index < -0.39 is 11.7 Å². The number of hydrogen-bond donors (Lipinski definition) is 1. The summed E-state index contributed by atoms with van der Waals surface area (Å²) in [5, 5.41) is 8.43. The lowest BCUT2D eigenvalue weighted by molar-refractivity contribution is -0.140. The molecule has 1 aliphatic heterocycles. The lowest BCUT2D eigenvalue weighted by Gasteiger charge is -2.32. The SMILES string of the molecule is Cn1ncc2c(N)nc3ccc(C(=O)N(Cc4ccccc4F)N4CCCC4=O)cc3c21. The largest absolute Gasteiger partial charge is 0.383 e. The van der Waals surface area contributed by atoms with Crippen LogP contribution >= 0.6 is 0 Å². The number of fused-ring (bicyclic) bond motifs is 3. The van der Waals surface area contributed by atoms with Gasteiger partial charge in [0.25, 0.3) is 5.91 Å². The second kappa shape index (κ2) is 7.60. The highest BCUT2D eigenvalue weighted by molar-refractivity contribution is 6.10. The van der Waals surface area contributed by atoms with Gasteiger partial charge in [-0.1, -0.05) is 18.2 Å². The summed E-state index contributed by atoms with van der Waals surface area (Å²) >= 11 is 0. The summed E-state index contributed by atoms with van der Waals surface area (Å²) in [4.78, 5) is 30.5. The Hall–Kier alpha value is -4.01. The van der Waals surface area contributed by atoms with Crippen molar-refractivity contribution in [3.63, 3.8) is 0 Å². The van der Waals surface area contributed by atoms with E-state index in [0.717, 1.165) is 10.9 Å². The van der Waals surface area contributed by atoms with E-state index in [2.05, 4.69) is 10.1 Å². The molecule has 0 radical (unpaired) electrons. The van der Waals surface area contributed by atoms with Gasteiger partial charge in [-0.25, -0.2) is 14.4 Å². The third kappa shape index (κ3) is 3.22. The minimum absolute atomic E-state index is 0.0452. The van der Waals surface area contributed by atoms with Gasteiger partial charge in [0.1, 0.15) is 11.6 Å². The molecule has 1 aliphatic rings. The first-order valence-corrected chi connectivity index (χ1v) is 10.3. The first-order chi connectivity index (χ1) is 15.4. The summed E-state index contributed by atoms with van der Waals surface area (Å²) in [6.45, 7) is 0.368. The quantitative estimate of drug-likeness (QED) is 0.535. The number of hydrazine groups is 1. The van der Waals surface area contributed by atoms with Crippen LogP contribution in [0.25, 0.3) is 21.8 Å². The number of aromatic nitrogens is 3. The number of carbonyl (C=O) groups is 2. The second-order valence-electron chi connectivity index (χ2n) is 7.83. The van der Waals surface area contributed by atoms with E-state index in [1.54, 1.807) is 54.3 Å². The number of anilines is 1. The van der Waals surface area contributed by atoms with Crippen LogP contribution in [-0.4, -0.2) is 43.1 Å². The molecular formula is C23H21FN6O2. The van der Waals surface area contributed by atoms with Crippen molar-refractivity contribution in [1.82, 2.24) is 24.8 Å². The summed E-state index contributed by atoms with van der Waals surface area (Å²) in [6, 6.07) is 11.3. The van der Waals surface area contributed by atoms with E-state index in [1.807, 2.05) is 0 Å². The van der Waals surface area contributed by atoms with Crippen LogP contribution in [0, 0.1) is 5.82 Å². The average Bonchev–Trinajstić information content (AvgIpc) is 3.39. The number of benzene rings is 2. The molecule has 5 rings (SSSR count). The molecule has 0 saturated carbocycles. The molecule has 2 aromatic heterocycles. The van der Waals surface area contributed by atoms with Gasteiger partial charge in [-0.15, -0.1) is 0 Å². The molecule has 2 amide bonds. The van der Waals surface area contributed by atoms with Crippen LogP contribution in [0.3, 0.4) is 0 Å². The molecule has 2 aromatic carbocycles. The van der Waals surface area contributed by atoms with Gasteiger partial charge >= 0.3 is 0 Å². The number of carbonyl (C=O) groups excluding carboxylic acids is 2. The molecule has 0 atom stereocenters. The molecule has 0 unspecified atom stereocenters. The van der Waals surface area contributed by atoms with Crippen LogP contribution in [0.5, 0.6) is 0 Å². The topological polar surface area (TPSA) is 97.3 Å². The molecule has 1 saturated heterocycles. The van der Waals surface area contributed by atoms with Crippen LogP contribution in [0.15, 0.2) is 48.7 Å². The van der Waals surface area contributed by atoms with Crippen molar-refractivity contribution in [3.05, 3.63) is 65.6 Å². The Morgan fingerprint density at radius 2 is 2.03 bits per heavy atom. The number of halogens is 1. The normalized spacial score (nSPS) is 13.9. The molecule has 3 heterocycles. The van der Waals surface area contributed by atoms with Gasteiger partial charge in [0.2, 0.25) is 5.91 Å². The maximum Gasteiger partial charge on any atom is 0.272 e. The average molecular weight is 432 g/mol. The highest BCUT2D eigenvalue weighted by Gasteiger charge is 2.31. The third-order valence-electron chi connectivity index (χ3n) is 5.81. The van der Waals surface area contributed by atoms with Crippen molar-refractivity contribution >= 4 is 39.4 Å². The first kappa shape index (κ1) is 19.9. The van der Waals surface area contributed by atoms with Crippen molar-refractivity contribution < 1.29 is 14.0 Å². The molecule has 162 valence electrons. The standard InChI is InChI=1S/C23H21FN6O2/c1-28-21-16-11-14(8-9-19(16)27-22(25)17(21)12-26-28)23(32)30(29-10-4-7-20(29)31)13-15-5-2-3-6-18(15)24/h2-3,5-6,8-9,11-12H,4,7,10,13H2,1H3,(H2,25,27). The summed E-state index contributed by atoms with van der Waals surface area (Å²) < 4.78 is 16.0. The maximum absolute atomic E-state index is 14.4. The molecule has 0 spiro atoms. The predicted molar refractivity (Wildman–Crippen MR) is 118 cm³/mol. The van der Waals surface area contributed by atoms with Crippen molar-refractivity contribution in [3.8, 4) is 0 Å². The Kier molecular flexibility index (Phi) is 4.73. The zero-order valence-corrected chi connectivity index (χ0v) is 17.5. The Labute approximate surface area is 183 Å². The Balaban J connectivity index is 1.60. The molecule has 8 nitrogen and oxygen atoms in total. The van der Waals surface area contributed by atoms with Gasteiger partial charge in [0.05, 0.1) is 29.2 Å². The van der Waals surface area contributed by atoms with Crippen LogP contribution in [0.4, 0.5) is 10.2 Å². The molecule has 1 fully saturated rings. The zero-order valence-electron chi connectivity index (χ0n) is 17.5. The fraction of sp³-hybridized carbons (Fsp3) is 0.217. The summed E-state index contributed by atoms with van der Waals surface area (Å²) in [5.41, 5.74) is 8.16. The van der Waals surface area contributed by atoms with Crippen LogP contribution in [0.1, 0.15) is 28.8 Å². The van der Waals surface area contributed by atoms with Crippen molar-refractivity contribution in [2.45, 2.75) is 19.4 Å². The van der Waals surface area contributed by atoms with Gasteiger partial charge in [-0.2, -0.15) is 5.10 Å². The van der Waals surface area contributed by atoms with E-state index in [-0.39, 0.29) is 12.5 Å². The van der Waals surface area contributed by atoms with Gasteiger partial charge in [0, 0.05) is 36.5 Å². The van der Waals surface area contributed by atoms with Crippen molar-refractivity contribution in [2.75, 3.05) is 12.3 Å². The summed E-state index contributed by atoms with van der Waals surface area (Å²) in [7, 11) is 1.79. The van der Waals surface area contributed by atoms with Gasteiger partial charge < -0.3 is 5.73 Å². The Bertz CT molecular complexity index is 1380. The summed E-state index contributed by atoms with van der Waals surface area (Å²) in [6.07, 6.45) is 2.65. The number of pyridine rings is 1. The molecule has 0 bridgehead atoms. The number of nitrogen functional groups attached to an aromatic ring is 1. The fourth-order valence-electron chi connectivity index (χ4n) is 4.18. The van der Waals surface area contributed by atoms with Gasteiger partial charge in [0.15, 0.2) is 0 Å². The molecule has 9 heteroatoms. The number of nitrogens with two attached hydrogens (primary N) is 1. The summed E-state index contributed by atoms with van der Waals surface area (Å²) in [5.74, 6) is -0.605. The van der Waals surface area contributed by atoms with Crippen molar-refractivity contribution in [1.29, 1.82) is 0 Å². The number of aryl methyl sites for hydroxylation is 1. The third-order valence-corrected chi connectivity index (χ3v) is 5.81. The maximum atomic E-state index is 14.4. The highest BCUT2D eigenvalue weighted by atomic mass is 19.1. The number of rotatable bonds is 4. The first-order valence-electron chi connectivity index (χ1n) is 10.3. The van der Waals surface area contributed by atoms with Crippen LogP contribution in [0.2, 0.25) is 0 Å². The van der Waals surface area contributed by atoms with Crippen LogP contribution < -0.4 is 5.73 Å².